The molecular weight excluding hydrogens is 464 g/mol. The van der Waals surface area contributed by atoms with Crippen LogP contribution >= 0.6 is 0 Å². The van der Waals surface area contributed by atoms with Crippen molar-refractivity contribution in [3.63, 3.8) is 0 Å². The van der Waals surface area contributed by atoms with Gasteiger partial charge in [-0.05, 0) is 66.9 Å². The number of rotatable bonds is 6. The van der Waals surface area contributed by atoms with E-state index in [1.807, 2.05) is 102 Å². The first kappa shape index (κ1) is 22.9. The number of para-hydroxylation sites is 3. The number of carbonyl (C=O) groups is 2. The maximum Gasteiger partial charge on any atom is 0.322 e. The lowest BCUT2D eigenvalue weighted by Crippen LogP contribution is -2.48. The summed E-state index contributed by atoms with van der Waals surface area (Å²) in [4.78, 5) is 31.0. The number of methoxy groups -OCH3 is 1. The normalized spacial score (nSPS) is 15.9. The molecule has 1 aromatic heterocycles. The highest BCUT2D eigenvalue weighted by atomic mass is 16.5. The number of aromatic nitrogens is 1. The molecular formula is C30H28N4O3. The Balaban J connectivity index is 1.36. The van der Waals surface area contributed by atoms with E-state index in [0.29, 0.717) is 5.69 Å². The summed E-state index contributed by atoms with van der Waals surface area (Å²) in [7, 11) is 1.64. The van der Waals surface area contributed by atoms with Gasteiger partial charge >= 0.3 is 6.03 Å². The largest absolute Gasteiger partial charge is 0.497 e. The van der Waals surface area contributed by atoms with Crippen LogP contribution < -0.4 is 15.0 Å². The van der Waals surface area contributed by atoms with Gasteiger partial charge in [0, 0.05) is 17.9 Å². The van der Waals surface area contributed by atoms with E-state index in [2.05, 4.69) is 9.88 Å². The molecule has 1 unspecified atom stereocenters. The standard InChI is InChI=1S/C30H28N4O3/c1-37-24-17-13-21(14-18-24)29-27-12-7-19-32(27)25-10-5-6-11-26(25)34(29)28(35)20-33(23-15-16-23)30(36)31-22-8-3-2-4-9-22/h2-14,17-19,23,29H,15-16,20H2,1H3,(H,31,36). The van der Waals surface area contributed by atoms with Gasteiger partial charge in [0.15, 0.2) is 0 Å². The summed E-state index contributed by atoms with van der Waals surface area (Å²) < 4.78 is 7.50. The first-order valence-electron chi connectivity index (χ1n) is 12.5. The average molecular weight is 493 g/mol. The van der Waals surface area contributed by atoms with Crippen LogP contribution in [0.25, 0.3) is 5.69 Å². The first-order chi connectivity index (χ1) is 18.1. The minimum atomic E-state index is -0.346. The van der Waals surface area contributed by atoms with Crippen molar-refractivity contribution in [1.29, 1.82) is 0 Å². The van der Waals surface area contributed by atoms with Gasteiger partial charge in [0.25, 0.3) is 0 Å². The van der Waals surface area contributed by atoms with Crippen molar-refractivity contribution in [3.05, 3.63) is 108 Å². The van der Waals surface area contributed by atoms with E-state index in [-0.39, 0.29) is 30.6 Å². The Hall–Kier alpha value is -4.52. The predicted octanol–water partition coefficient (Wildman–Crippen LogP) is 5.62. The molecule has 186 valence electrons. The second kappa shape index (κ2) is 9.50. The predicted molar refractivity (Wildman–Crippen MR) is 143 cm³/mol. The fraction of sp³-hybridized carbons (Fsp3) is 0.200. The Morgan fingerprint density at radius 2 is 1.59 bits per heavy atom. The van der Waals surface area contributed by atoms with E-state index >= 15 is 0 Å². The van der Waals surface area contributed by atoms with Crippen LogP contribution in [0.1, 0.15) is 30.1 Å². The molecule has 3 amide bonds. The molecule has 1 N–H and O–H groups in total. The zero-order chi connectivity index (χ0) is 25.4. The molecule has 7 nitrogen and oxygen atoms in total. The summed E-state index contributed by atoms with van der Waals surface area (Å²) in [6, 6.07) is 28.6. The highest BCUT2D eigenvalue weighted by Crippen LogP contribution is 2.43. The van der Waals surface area contributed by atoms with Gasteiger partial charge in [-0.3, -0.25) is 9.69 Å². The second-order valence-electron chi connectivity index (χ2n) is 9.39. The van der Waals surface area contributed by atoms with Gasteiger partial charge in [0.05, 0.1) is 24.2 Å². The third-order valence-corrected chi connectivity index (χ3v) is 7.00. The van der Waals surface area contributed by atoms with E-state index in [1.165, 1.54) is 0 Å². The smallest absolute Gasteiger partial charge is 0.322 e. The highest BCUT2D eigenvalue weighted by molar-refractivity contribution is 6.01. The zero-order valence-corrected chi connectivity index (χ0v) is 20.6. The van der Waals surface area contributed by atoms with Crippen LogP contribution in [0.5, 0.6) is 5.75 Å². The summed E-state index contributed by atoms with van der Waals surface area (Å²) in [5, 5.41) is 2.96. The molecule has 0 saturated heterocycles. The number of benzene rings is 3. The molecule has 1 aliphatic carbocycles. The van der Waals surface area contributed by atoms with Crippen LogP contribution in [0.3, 0.4) is 0 Å². The number of nitrogens with zero attached hydrogens (tertiary/aromatic N) is 3. The lowest BCUT2D eigenvalue weighted by Gasteiger charge is -2.39. The highest BCUT2D eigenvalue weighted by Gasteiger charge is 2.40. The second-order valence-corrected chi connectivity index (χ2v) is 9.39. The van der Waals surface area contributed by atoms with Gasteiger partial charge in [0.2, 0.25) is 5.91 Å². The summed E-state index contributed by atoms with van der Waals surface area (Å²) in [6.45, 7) is -0.00890. The molecule has 0 radical (unpaired) electrons. The van der Waals surface area contributed by atoms with Gasteiger partial charge < -0.3 is 19.5 Å². The van der Waals surface area contributed by atoms with Crippen molar-refractivity contribution in [2.45, 2.75) is 24.9 Å². The molecule has 1 atom stereocenters. The van der Waals surface area contributed by atoms with E-state index in [0.717, 1.165) is 41.2 Å². The molecule has 3 aromatic carbocycles. The van der Waals surface area contributed by atoms with Crippen molar-refractivity contribution in [2.75, 3.05) is 23.9 Å². The van der Waals surface area contributed by atoms with Crippen molar-refractivity contribution in [1.82, 2.24) is 9.47 Å². The van der Waals surface area contributed by atoms with Crippen LogP contribution in [0.4, 0.5) is 16.2 Å². The van der Waals surface area contributed by atoms with E-state index in [4.69, 9.17) is 4.74 Å². The lowest BCUT2D eigenvalue weighted by molar-refractivity contribution is -0.119. The van der Waals surface area contributed by atoms with Crippen molar-refractivity contribution in [2.24, 2.45) is 0 Å². The lowest BCUT2D eigenvalue weighted by atomic mass is 9.97. The number of fused-ring (bicyclic) bond motifs is 3. The van der Waals surface area contributed by atoms with E-state index in [9.17, 15) is 9.59 Å². The molecule has 1 saturated carbocycles. The number of urea groups is 1. The Labute approximate surface area is 215 Å². The zero-order valence-electron chi connectivity index (χ0n) is 20.6. The number of amides is 3. The van der Waals surface area contributed by atoms with Crippen LogP contribution in [-0.4, -0.2) is 41.1 Å². The molecule has 37 heavy (non-hydrogen) atoms. The maximum absolute atomic E-state index is 14.2. The quantitative estimate of drug-likeness (QED) is 0.380. The van der Waals surface area contributed by atoms with E-state index in [1.54, 1.807) is 12.0 Å². The SMILES string of the molecule is COc1ccc(C2c3cccn3-c3ccccc3N2C(=O)CN(C(=O)Nc2ccccc2)C2CC2)cc1. The number of carbonyl (C=O) groups excluding carboxylic acids is 2. The van der Waals surface area contributed by atoms with E-state index < -0.39 is 0 Å². The average Bonchev–Trinajstić information content (AvgIpc) is 3.66. The van der Waals surface area contributed by atoms with Gasteiger partial charge in [-0.2, -0.15) is 0 Å². The Morgan fingerprint density at radius 3 is 2.30 bits per heavy atom. The van der Waals surface area contributed by atoms with Crippen molar-refractivity contribution < 1.29 is 14.3 Å². The molecule has 2 heterocycles. The van der Waals surface area contributed by atoms with Crippen LogP contribution in [0.15, 0.2) is 97.2 Å². The van der Waals surface area contributed by atoms with Crippen LogP contribution in [-0.2, 0) is 4.79 Å². The summed E-state index contributed by atoms with van der Waals surface area (Å²) in [6.07, 6.45) is 3.82. The fourth-order valence-electron chi connectivity index (χ4n) is 5.06. The molecule has 7 heteroatoms. The molecule has 1 aliphatic heterocycles. The third-order valence-electron chi connectivity index (χ3n) is 7.00. The Bertz CT molecular complexity index is 1430. The molecule has 2 aliphatic rings. The fourth-order valence-corrected chi connectivity index (χ4v) is 5.06. The van der Waals surface area contributed by atoms with Gasteiger partial charge in [0.1, 0.15) is 18.3 Å². The van der Waals surface area contributed by atoms with Crippen LogP contribution in [0.2, 0.25) is 0 Å². The topological polar surface area (TPSA) is 66.8 Å². The van der Waals surface area contributed by atoms with Gasteiger partial charge in [-0.1, -0.05) is 42.5 Å². The molecule has 0 spiro atoms. The number of nitrogens with one attached hydrogen (secondary N) is 1. The Morgan fingerprint density at radius 1 is 0.892 bits per heavy atom. The van der Waals surface area contributed by atoms with Gasteiger partial charge in [-0.25, -0.2) is 4.79 Å². The first-order valence-corrected chi connectivity index (χ1v) is 12.5. The van der Waals surface area contributed by atoms with Crippen molar-refractivity contribution >= 4 is 23.3 Å². The summed E-state index contributed by atoms with van der Waals surface area (Å²) in [5.41, 5.74) is 4.42. The number of hydrogen-bond donors (Lipinski definition) is 1. The molecule has 1 fully saturated rings. The van der Waals surface area contributed by atoms with Crippen molar-refractivity contribution in [3.8, 4) is 11.4 Å². The Kier molecular flexibility index (Phi) is 5.88. The number of anilines is 2. The molecule has 6 rings (SSSR count). The summed E-state index contributed by atoms with van der Waals surface area (Å²) in [5.74, 6) is 0.626. The maximum atomic E-state index is 14.2. The summed E-state index contributed by atoms with van der Waals surface area (Å²) >= 11 is 0. The molecule has 4 aromatic rings. The van der Waals surface area contributed by atoms with Crippen LogP contribution in [0, 0.1) is 0 Å². The number of ether oxygens (including phenoxy) is 1. The minimum absolute atomic E-state index is 0.00890. The van der Waals surface area contributed by atoms with Gasteiger partial charge in [-0.15, -0.1) is 0 Å². The molecule has 0 bridgehead atoms. The monoisotopic (exact) mass is 492 g/mol. The minimum Gasteiger partial charge on any atom is -0.497 e. The third kappa shape index (κ3) is 4.33. The number of hydrogen-bond acceptors (Lipinski definition) is 3.